The molecule has 0 N–H and O–H groups in total. The molecule has 0 radical (unpaired) electrons. The second-order valence-electron chi connectivity index (χ2n) is 4.27. The first kappa shape index (κ1) is 10.5. The van der Waals surface area contributed by atoms with Gasteiger partial charge in [-0.15, -0.1) is 0 Å². The summed E-state index contributed by atoms with van der Waals surface area (Å²) in [6.45, 7) is 3.44. The van der Waals surface area contributed by atoms with Crippen molar-refractivity contribution >= 4 is 5.97 Å². The number of hydrogen-bond donors (Lipinski definition) is 0. The number of esters is 1. The zero-order chi connectivity index (χ0) is 9.90. The predicted molar refractivity (Wildman–Crippen MR) is 51.2 cm³/mol. The third-order valence-electron chi connectivity index (χ3n) is 2.86. The Morgan fingerprint density at radius 3 is 2.69 bits per heavy atom. The van der Waals surface area contributed by atoms with Crippen LogP contribution in [-0.4, -0.2) is 43.7 Å². The molecule has 3 nitrogen and oxygen atoms in total. The van der Waals surface area contributed by atoms with E-state index in [2.05, 4.69) is 14.1 Å². The van der Waals surface area contributed by atoms with Gasteiger partial charge in [-0.05, 0) is 19.8 Å². The van der Waals surface area contributed by atoms with E-state index in [1.54, 1.807) is 0 Å². The lowest BCUT2D eigenvalue weighted by Gasteiger charge is -2.39. The van der Waals surface area contributed by atoms with Gasteiger partial charge in [0, 0.05) is 6.42 Å². The first-order chi connectivity index (χ1) is 6.08. The number of rotatable bonds is 2. The van der Waals surface area contributed by atoms with Crippen LogP contribution in [0.4, 0.5) is 0 Å². The maximum Gasteiger partial charge on any atom is 0.364 e. The summed E-state index contributed by atoms with van der Waals surface area (Å²) < 4.78 is 5.85. The maximum absolute atomic E-state index is 11.6. The van der Waals surface area contributed by atoms with E-state index in [0.717, 1.165) is 23.9 Å². The van der Waals surface area contributed by atoms with E-state index in [0.29, 0.717) is 6.61 Å². The Bertz CT molecular complexity index is 189. The van der Waals surface area contributed by atoms with Crippen LogP contribution in [0.15, 0.2) is 0 Å². The van der Waals surface area contributed by atoms with Crippen LogP contribution in [0.2, 0.25) is 0 Å². The molecule has 3 heteroatoms. The summed E-state index contributed by atoms with van der Waals surface area (Å²) in [6, 6.07) is 0.0636. The summed E-state index contributed by atoms with van der Waals surface area (Å²) >= 11 is 0. The van der Waals surface area contributed by atoms with Crippen molar-refractivity contribution in [3.05, 3.63) is 0 Å². The van der Waals surface area contributed by atoms with Crippen molar-refractivity contribution in [3.63, 3.8) is 0 Å². The van der Waals surface area contributed by atoms with Crippen LogP contribution in [-0.2, 0) is 9.53 Å². The van der Waals surface area contributed by atoms with Crippen molar-refractivity contribution in [3.8, 4) is 0 Å². The monoisotopic (exact) mass is 186 g/mol. The molecule has 1 fully saturated rings. The molecular formula is C10H20NO2+. The molecule has 0 aromatic carbocycles. The van der Waals surface area contributed by atoms with Gasteiger partial charge in [0.05, 0.1) is 27.2 Å². The van der Waals surface area contributed by atoms with E-state index in [4.69, 9.17) is 4.74 Å². The minimum absolute atomic E-state index is 0.0211. The Hall–Kier alpha value is -0.570. The molecule has 1 rings (SSSR count). The second kappa shape index (κ2) is 4.09. The van der Waals surface area contributed by atoms with E-state index in [-0.39, 0.29) is 12.0 Å². The number of quaternary nitrogens is 1. The first-order valence-electron chi connectivity index (χ1n) is 5.07. The van der Waals surface area contributed by atoms with Gasteiger partial charge in [0.15, 0.2) is 6.04 Å². The van der Waals surface area contributed by atoms with Gasteiger partial charge < -0.3 is 9.22 Å². The fourth-order valence-electron chi connectivity index (χ4n) is 2.00. The summed E-state index contributed by atoms with van der Waals surface area (Å²) in [7, 11) is 4.22. The zero-order valence-electron chi connectivity index (χ0n) is 8.88. The van der Waals surface area contributed by atoms with Crippen LogP contribution in [0.3, 0.4) is 0 Å². The van der Waals surface area contributed by atoms with Crippen LogP contribution in [0, 0.1) is 0 Å². The minimum Gasteiger partial charge on any atom is -0.462 e. The van der Waals surface area contributed by atoms with Gasteiger partial charge in [0.25, 0.3) is 0 Å². The predicted octanol–water partition coefficient (Wildman–Crippen LogP) is 1.18. The number of likely N-dealkylation sites (N-methyl/N-ethyl adjacent to an activating group) is 1. The number of piperidine rings is 1. The Morgan fingerprint density at radius 1 is 1.46 bits per heavy atom. The smallest absolute Gasteiger partial charge is 0.364 e. The highest BCUT2D eigenvalue weighted by molar-refractivity contribution is 5.74. The van der Waals surface area contributed by atoms with E-state index in [1.807, 2.05) is 6.92 Å². The zero-order valence-corrected chi connectivity index (χ0v) is 8.88. The summed E-state index contributed by atoms with van der Waals surface area (Å²) in [5.74, 6) is -0.0211. The summed E-state index contributed by atoms with van der Waals surface area (Å²) in [5.41, 5.74) is 0. The fourth-order valence-corrected chi connectivity index (χ4v) is 2.00. The van der Waals surface area contributed by atoms with Crippen LogP contribution in [0.25, 0.3) is 0 Å². The van der Waals surface area contributed by atoms with Gasteiger partial charge in [-0.1, -0.05) is 0 Å². The third-order valence-corrected chi connectivity index (χ3v) is 2.86. The van der Waals surface area contributed by atoms with Crippen LogP contribution < -0.4 is 0 Å². The van der Waals surface area contributed by atoms with Crippen molar-refractivity contribution in [2.24, 2.45) is 0 Å². The molecule has 1 saturated heterocycles. The molecule has 0 aromatic heterocycles. The van der Waals surface area contributed by atoms with Gasteiger partial charge in [-0.25, -0.2) is 4.79 Å². The van der Waals surface area contributed by atoms with Crippen molar-refractivity contribution in [2.45, 2.75) is 32.2 Å². The quantitative estimate of drug-likeness (QED) is 0.478. The van der Waals surface area contributed by atoms with E-state index in [9.17, 15) is 4.79 Å². The van der Waals surface area contributed by atoms with Crippen molar-refractivity contribution < 1.29 is 14.0 Å². The molecule has 0 bridgehead atoms. The Morgan fingerprint density at radius 2 is 2.15 bits per heavy atom. The maximum atomic E-state index is 11.6. The van der Waals surface area contributed by atoms with Crippen LogP contribution >= 0.6 is 0 Å². The summed E-state index contributed by atoms with van der Waals surface area (Å²) in [5, 5.41) is 0. The Balaban J connectivity index is 2.59. The molecule has 0 aromatic rings. The van der Waals surface area contributed by atoms with Crippen molar-refractivity contribution in [2.75, 3.05) is 27.2 Å². The highest BCUT2D eigenvalue weighted by Crippen LogP contribution is 2.22. The van der Waals surface area contributed by atoms with Crippen molar-refractivity contribution in [1.82, 2.24) is 0 Å². The third kappa shape index (κ3) is 2.44. The topological polar surface area (TPSA) is 26.3 Å². The number of carbonyl (C=O) groups is 1. The number of likely N-dealkylation sites (tertiary alicyclic amines) is 1. The lowest BCUT2D eigenvalue weighted by molar-refractivity contribution is -0.911. The van der Waals surface area contributed by atoms with Gasteiger partial charge in [0.1, 0.15) is 0 Å². The van der Waals surface area contributed by atoms with Gasteiger partial charge in [0.2, 0.25) is 0 Å². The Kier molecular flexibility index (Phi) is 3.31. The Labute approximate surface area is 80.3 Å². The van der Waals surface area contributed by atoms with E-state index < -0.39 is 0 Å². The van der Waals surface area contributed by atoms with Gasteiger partial charge >= 0.3 is 5.97 Å². The molecule has 1 aliphatic rings. The van der Waals surface area contributed by atoms with Crippen molar-refractivity contribution in [1.29, 1.82) is 0 Å². The molecule has 0 unspecified atom stereocenters. The molecule has 0 spiro atoms. The lowest BCUT2D eigenvalue weighted by Crippen LogP contribution is -2.56. The standard InChI is InChI=1S/C10H20NO2/c1-4-13-10(12)9-7-5-6-8-11(9,2)3/h9H,4-8H2,1-3H3/q+1/t9-/m0/s1. The summed E-state index contributed by atoms with van der Waals surface area (Å²) in [6.07, 6.45) is 3.36. The van der Waals surface area contributed by atoms with E-state index in [1.165, 1.54) is 6.42 Å². The molecular weight excluding hydrogens is 166 g/mol. The van der Waals surface area contributed by atoms with Crippen LogP contribution in [0.5, 0.6) is 0 Å². The SMILES string of the molecule is CCOC(=O)[C@@H]1CCCC[N+]1(C)C. The highest BCUT2D eigenvalue weighted by atomic mass is 16.5. The highest BCUT2D eigenvalue weighted by Gasteiger charge is 2.38. The number of hydrogen-bond acceptors (Lipinski definition) is 2. The van der Waals surface area contributed by atoms with Gasteiger partial charge in [-0.2, -0.15) is 0 Å². The molecule has 1 atom stereocenters. The average molecular weight is 186 g/mol. The normalized spacial score (nSPS) is 26.8. The molecule has 13 heavy (non-hydrogen) atoms. The molecule has 76 valence electrons. The molecule has 0 saturated carbocycles. The molecule has 0 aliphatic carbocycles. The summed E-state index contributed by atoms with van der Waals surface area (Å²) in [4.78, 5) is 11.6. The fraction of sp³-hybridized carbons (Fsp3) is 0.900. The number of ether oxygens (including phenoxy) is 1. The number of carbonyl (C=O) groups excluding carboxylic acids is 1. The second-order valence-corrected chi connectivity index (χ2v) is 4.27. The lowest BCUT2D eigenvalue weighted by atomic mass is 10.0. The van der Waals surface area contributed by atoms with Crippen LogP contribution in [0.1, 0.15) is 26.2 Å². The molecule has 1 heterocycles. The average Bonchev–Trinajstić information content (AvgIpc) is 2.03. The number of nitrogens with zero attached hydrogens (tertiary/aromatic N) is 1. The largest absolute Gasteiger partial charge is 0.462 e. The minimum atomic E-state index is -0.0211. The molecule has 0 amide bonds. The van der Waals surface area contributed by atoms with E-state index >= 15 is 0 Å². The first-order valence-corrected chi connectivity index (χ1v) is 5.07. The van der Waals surface area contributed by atoms with Gasteiger partial charge in [-0.3, -0.25) is 0 Å². The molecule has 1 aliphatic heterocycles.